The summed E-state index contributed by atoms with van der Waals surface area (Å²) < 4.78 is 0. The van der Waals surface area contributed by atoms with Crippen molar-refractivity contribution in [3.05, 3.63) is 53.6 Å². The van der Waals surface area contributed by atoms with Gasteiger partial charge in [-0.05, 0) is 55.7 Å². The summed E-state index contributed by atoms with van der Waals surface area (Å²) in [6.07, 6.45) is 3.64. The molecule has 8 nitrogen and oxygen atoms in total. The van der Waals surface area contributed by atoms with Crippen molar-refractivity contribution < 1.29 is 19.2 Å². The number of hydrogen-bond donors (Lipinski definition) is 2. The molecule has 0 saturated carbocycles. The van der Waals surface area contributed by atoms with Gasteiger partial charge in [-0.25, -0.2) is 0 Å². The molecule has 160 valence electrons. The van der Waals surface area contributed by atoms with Gasteiger partial charge in [-0.15, -0.1) is 0 Å². The molecule has 0 atom stereocenters. The van der Waals surface area contributed by atoms with Crippen molar-refractivity contribution in [2.45, 2.75) is 32.1 Å². The van der Waals surface area contributed by atoms with Crippen molar-refractivity contribution in [2.24, 2.45) is 5.73 Å². The van der Waals surface area contributed by atoms with Gasteiger partial charge in [0.1, 0.15) is 0 Å². The van der Waals surface area contributed by atoms with Crippen LogP contribution in [0, 0.1) is 0 Å². The van der Waals surface area contributed by atoms with Crippen LogP contribution in [-0.4, -0.2) is 36.7 Å². The molecule has 31 heavy (non-hydrogen) atoms. The van der Waals surface area contributed by atoms with Gasteiger partial charge in [-0.1, -0.05) is 6.07 Å². The molecule has 2 aromatic carbocycles. The van der Waals surface area contributed by atoms with E-state index in [1.165, 1.54) is 6.07 Å². The van der Waals surface area contributed by atoms with Gasteiger partial charge in [-0.2, -0.15) is 0 Å². The molecule has 8 heteroatoms. The van der Waals surface area contributed by atoms with E-state index in [1.54, 1.807) is 36.4 Å². The van der Waals surface area contributed by atoms with Crippen LogP contribution in [0.1, 0.15) is 52.8 Å². The van der Waals surface area contributed by atoms with Crippen LogP contribution in [0.25, 0.3) is 0 Å². The molecule has 2 aliphatic rings. The largest absolute Gasteiger partial charge is 0.370 e. The Hall–Kier alpha value is -3.68. The number of rotatable bonds is 5. The summed E-state index contributed by atoms with van der Waals surface area (Å²) in [5.74, 6) is -1.53. The topological polar surface area (TPSA) is 113 Å². The second-order valence-electron chi connectivity index (χ2n) is 7.77. The lowest BCUT2D eigenvalue weighted by atomic mass is 10.1. The number of carbonyl (C=O) groups is 4. The molecule has 3 N–H and O–H groups in total. The fourth-order valence-corrected chi connectivity index (χ4v) is 4.05. The minimum atomic E-state index is -0.575. The Kier molecular flexibility index (Phi) is 5.70. The third kappa shape index (κ3) is 4.28. The van der Waals surface area contributed by atoms with Crippen molar-refractivity contribution in [2.75, 3.05) is 28.2 Å². The Bertz CT molecular complexity index is 1040. The van der Waals surface area contributed by atoms with Crippen molar-refractivity contribution >= 4 is 40.7 Å². The lowest BCUT2D eigenvalue weighted by Crippen LogP contribution is -2.31. The number of anilines is 3. The summed E-state index contributed by atoms with van der Waals surface area (Å²) in [7, 11) is 0. The Labute approximate surface area is 180 Å². The molecular weight excluding hydrogens is 396 g/mol. The molecule has 2 heterocycles. The summed E-state index contributed by atoms with van der Waals surface area (Å²) in [6, 6.07) is 11.4. The molecule has 0 bridgehead atoms. The van der Waals surface area contributed by atoms with Crippen LogP contribution in [0.2, 0.25) is 0 Å². The first-order valence-corrected chi connectivity index (χ1v) is 10.4. The Morgan fingerprint density at radius 3 is 2.26 bits per heavy atom. The van der Waals surface area contributed by atoms with Crippen LogP contribution < -0.4 is 20.9 Å². The third-order valence-electron chi connectivity index (χ3n) is 5.64. The standard InChI is InChI=1S/C23H24N4O4/c24-22(30)15-7-8-19(26-11-2-1-3-12-26)18(14-15)25-23(31)16-5-4-6-17(13-16)27-20(28)9-10-21(27)29/h4-8,13-14H,1-3,9-12H2,(H2,24,30)(H,25,31). The van der Waals surface area contributed by atoms with E-state index in [2.05, 4.69) is 10.2 Å². The SMILES string of the molecule is NC(=O)c1ccc(N2CCCCC2)c(NC(=O)c2cccc(N3C(=O)CCC3=O)c2)c1. The Balaban J connectivity index is 1.62. The van der Waals surface area contributed by atoms with Gasteiger partial charge in [0.05, 0.1) is 17.1 Å². The molecule has 0 radical (unpaired) electrons. The van der Waals surface area contributed by atoms with Crippen LogP contribution in [0.5, 0.6) is 0 Å². The maximum absolute atomic E-state index is 13.0. The molecule has 0 aromatic heterocycles. The molecule has 2 fully saturated rings. The fourth-order valence-electron chi connectivity index (χ4n) is 4.05. The van der Waals surface area contributed by atoms with Crippen molar-refractivity contribution in [1.29, 1.82) is 0 Å². The van der Waals surface area contributed by atoms with Gasteiger partial charge in [0, 0.05) is 37.1 Å². The monoisotopic (exact) mass is 420 g/mol. The van der Waals surface area contributed by atoms with Crippen molar-refractivity contribution in [3.8, 4) is 0 Å². The fraction of sp³-hybridized carbons (Fsp3) is 0.304. The minimum Gasteiger partial charge on any atom is -0.370 e. The highest BCUT2D eigenvalue weighted by Crippen LogP contribution is 2.31. The number of piperidine rings is 1. The van der Waals surface area contributed by atoms with E-state index < -0.39 is 11.8 Å². The highest BCUT2D eigenvalue weighted by Gasteiger charge is 2.30. The number of primary amides is 1. The molecule has 4 amide bonds. The average molecular weight is 420 g/mol. The van der Waals surface area contributed by atoms with E-state index >= 15 is 0 Å². The van der Waals surface area contributed by atoms with E-state index in [0.717, 1.165) is 42.9 Å². The number of hydrogen-bond acceptors (Lipinski definition) is 5. The highest BCUT2D eigenvalue weighted by atomic mass is 16.2. The van der Waals surface area contributed by atoms with Crippen LogP contribution in [0.15, 0.2) is 42.5 Å². The van der Waals surface area contributed by atoms with Gasteiger partial charge < -0.3 is 16.0 Å². The van der Waals surface area contributed by atoms with Crippen molar-refractivity contribution in [1.82, 2.24) is 0 Å². The maximum atomic E-state index is 13.0. The van der Waals surface area contributed by atoms with Gasteiger partial charge in [0.2, 0.25) is 17.7 Å². The molecule has 4 rings (SSSR count). The van der Waals surface area contributed by atoms with E-state index in [-0.39, 0.29) is 24.7 Å². The smallest absolute Gasteiger partial charge is 0.255 e. The normalized spacial score (nSPS) is 16.5. The lowest BCUT2D eigenvalue weighted by molar-refractivity contribution is -0.121. The molecule has 0 aliphatic carbocycles. The maximum Gasteiger partial charge on any atom is 0.255 e. The third-order valence-corrected chi connectivity index (χ3v) is 5.64. The van der Waals surface area contributed by atoms with Crippen LogP contribution in [0.3, 0.4) is 0 Å². The van der Waals surface area contributed by atoms with Gasteiger partial charge >= 0.3 is 0 Å². The first kappa shape index (κ1) is 20.6. The molecule has 2 aromatic rings. The Morgan fingerprint density at radius 2 is 1.58 bits per heavy atom. The summed E-state index contributed by atoms with van der Waals surface area (Å²) >= 11 is 0. The van der Waals surface area contributed by atoms with Gasteiger partial charge in [-0.3, -0.25) is 24.1 Å². The molecule has 2 aliphatic heterocycles. The quantitative estimate of drug-likeness (QED) is 0.722. The lowest BCUT2D eigenvalue weighted by Gasteiger charge is -2.30. The van der Waals surface area contributed by atoms with Gasteiger partial charge in [0.25, 0.3) is 5.91 Å². The van der Waals surface area contributed by atoms with Gasteiger partial charge in [0.15, 0.2) is 0 Å². The van der Waals surface area contributed by atoms with E-state index in [1.807, 2.05) is 0 Å². The molecule has 0 unspecified atom stereocenters. The summed E-state index contributed by atoms with van der Waals surface area (Å²) in [6.45, 7) is 1.74. The predicted octanol–water partition coefficient (Wildman–Crippen LogP) is 2.68. The molecular formula is C23H24N4O4. The molecule has 0 spiro atoms. The number of carbonyl (C=O) groups excluding carboxylic acids is 4. The predicted molar refractivity (Wildman–Crippen MR) is 117 cm³/mol. The Morgan fingerprint density at radius 1 is 0.871 bits per heavy atom. The van der Waals surface area contributed by atoms with Crippen LogP contribution >= 0.6 is 0 Å². The second-order valence-corrected chi connectivity index (χ2v) is 7.77. The minimum absolute atomic E-state index is 0.175. The summed E-state index contributed by atoms with van der Waals surface area (Å²) in [5.41, 5.74) is 7.75. The number of nitrogens with two attached hydrogens (primary N) is 1. The number of benzene rings is 2. The zero-order valence-electron chi connectivity index (χ0n) is 17.1. The number of imide groups is 1. The van der Waals surface area contributed by atoms with E-state index in [4.69, 9.17) is 5.73 Å². The number of amides is 4. The summed E-state index contributed by atoms with van der Waals surface area (Å²) in [4.78, 5) is 52.1. The van der Waals surface area contributed by atoms with E-state index in [9.17, 15) is 19.2 Å². The van der Waals surface area contributed by atoms with E-state index in [0.29, 0.717) is 22.5 Å². The summed E-state index contributed by atoms with van der Waals surface area (Å²) in [5, 5.41) is 2.88. The average Bonchev–Trinajstić information content (AvgIpc) is 3.12. The number of nitrogens with one attached hydrogen (secondary N) is 1. The first-order chi connectivity index (χ1) is 14.9. The van der Waals surface area contributed by atoms with Crippen LogP contribution in [-0.2, 0) is 9.59 Å². The number of nitrogens with zero attached hydrogens (tertiary/aromatic N) is 2. The highest BCUT2D eigenvalue weighted by molar-refractivity contribution is 6.20. The second kappa shape index (κ2) is 8.59. The molecule has 2 saturated heterocycles. The zero-order chi connectivity index (χ0) is 22.0. The van der Waals surface area contributed by atoms with Crippen molar-refractivity contribution in [3.63, 3.8) is 0 Å². The van der Waals surface area contributed by atoms with Crippen LogP contribution in [0.4, 0.5) is 17.1 Å². The zero-order valence-corrected chi connectivity index (χ0v) is 17.1. The first-order valence-electron chi connectivity index (χ1n) is 10.4.